The number of nitrogens with one attached hydrogen (secondary N) is 2. The second kappa shape index (κ2) is 11.5. The maximum atomic E-state index is 12.3. The van der Waals surface area contributed by atoms with Crippen LogP contribution in [0, 0.1) is 19.8 Å². The predicted octanol–water partition coefficient (Wildman–Crippen LogP) is 3.89. The summed E-state index contributed by atoms with van der Waals surface area (Å²) < 4.78 is 5.52. The highest BCUT2D eigenvalue weighted by molar-refractivity contribution is 7.11. The smallest absolute Gasteiger partial charge is 0.410 e. The summed E-state index contributed by atoms with van der Waals surface area (Å²) in [4.78, 5) is 24.8. The van der Waals surface area contributed by atoms with E-state index in [4.69, 9.17) is 9.73 Å². The van der Waals surface area contributed by atoms with Crippen LogP contribution in [-0.2, 0) is 11.2 Å². The van der Waals surface area contributed by atoms with Crippen LogP contribution in [0.25, 0.3) is 0 Å². The molecule has 1 atom stereocenters. The van der Waals surface area contributed by atoms with Crippen LogP contribution >= 0.6 is 11.3 Å². The van der Waals surface area contributed by atoms with Crippen LogP contribution in [0.4, 0.5) is 4.79 Å². The van der Waals surface area contributed by atoms with Crippen molar-refractivity contribution < 1.29 is 9.53 Å². The first kappa shape index (κ1) is 24.4. The number of aromatic nitrogens is 1. The molecule has 2 N–H and O–H groups in total. The second-order valence-corrected chi connectivity index (χ2v) is 10.2. The summed E-state index contributed by atoms with van der Waals surface area (Å²) in [6.45, 7) is 15.9. The molecular weight excluding hydrogens is 398 g/mol. The molecule has 2 rings (SSSR count). The Labute approximate surface area is 185 Å². The van der Waals surface area contributed by atoms with Gasteiger partial charge in [0.2, 0.25) is 0 Å². The maximum absolute atomic E-state index is 12.3. The molecule has 0 bridgehead atoms. The van der Waals surface area contributed by atoms with E-state index in [0.717, 1.165) is 75.1 Å². The van der Waals surface area contributed by atoms with Gasteiger partial charge in [-0.2, -0.15) is 0 Å². The van der Waals surface area contributed by atoms with Crippen molar-refractivity contribution in [3.8, 4) is 0 Å². The molecule has 1 aliphatic heterocycles. The van der Waals surface area contributed by atoms with E-state index in [0.29, 0.717) is 5.92 Å². The third kappa shape index (κ3) is 8.50. The number of likely N-dealkylation sites (tertiary alicyclic amines) is 1. The third-order valence-electron chi connectivity index (χ3n) is 5.03. The fourth-order valence-corrected chi connectivity index (χ4v) is 4.36. The fraction of sp³-hybridized carbons (Fsp3) is 0.773. The topological polar surface area (TPSA) is 78.9 Å². The lowest BCUT2D eigenvalue weighted by atomic mass is 9.95. The summed E-state index contributed by atoms with van der Waals surface area (Å²) in [5.41, 5.74) is 0.681. The van der Waals surface area contributed by atoms with Crippen molar-refractivity contribution >= 4 is 23.4 Å². The van der Waals surface area contributed by atoms with E-state index < -0.39 is 5.60 Å². The summed E-state index contributed by atoms with van der Waals surface area (Å²) in [5.74, 6) is 1.32. The lowest BCUT2D eigenvalue weighted by Crippen LogP contribution is -2.43. The number of aliphatic imine (C=N–C) groups is 1. The molecule has 1 aromatic rings. The van der Waals surface area contributed by atoms with Crippen LogP contribution in [0.5, 0.6) is 0 Å². The zero-order chi connectivity index (χ0) is 22.1. The summed E-state index contributed by atoms with van der Waals surface area (Å²) in [7, 11) is 0. The monoisotopic (exact) mass is 437 g/mol. The van der Waals surface area contributed by atoms with Crippen LogP contribution in [-0.4, -0.2) is 60.3 Å². The first-order chi connectivity index (χ1) is 14.2. The highest BCUT2D eigenvalue weighted by Crippen LogP contribution is 2.21. The Morgan fingerprint density at radius 3 is 2.73 bits per heavy atom. The van der Waals surface area contributed by atoms with Gasteiger partial charge in [-0.3, -0.25) is 4.99 Å². The van der Waals surface area contributed by atoms with Gasteiger partial charge in [-0.25, -0.2) is 9.78 Å². The number of aryl methyl sites for hydroxylation is 2. The number of hydrogen-bond donors (Lipinski definition) is 2. The van der Waals surface area contributed by atoms with Crippen LogP contribution < -0.4 is 10.6 Å². The number of rotatable bonds is 7. The minimum atomic E-state index is -0.448. The predicted molar refractivity (Wildman–Crippen MR) is 124 cm³/mol. The zero-order valence-electron chi connectivity index (χ0n) is 19.5. The number of carbonyl (C=O) groups is 1. The number of ether oxygens (including phenoxy) is 1. The number of guanidine groups is 1. The molecule has 8 heteroatoms. The van der Waals surface area contributed by atoms with Gasteiger partial charge >= 0.3 is 6.09 Å². The highest BCUT2D eigenvalue weighted by Gasteiger charge is 2.27. The van der Waals surface area contributed by atoms with Gasteiger partial charge in [0.1, 0.15) is 5.60 Å². The summed E-state index contributed by atoms with van der Waals surface area (Å²) in [5, 5.41) is 7.89. The number of nitrogens with zero attached hydrogens (tertiary/aromatic N) is 3. The molecule has 7 nitrogen and oxygen atoms in total. The van der Waals surface area contributed by atoms with E-state index >= 15 is 0 Å². The van der Waals surface area contributed by atoms with E-state index in [1.54, 1.807) is 11.3 Å². The summed E-state index contributed by atoms with van der Waals surface area (Å²) in [6, 6.07) is 0. The van der Waals surface area contributed by atoms with Crippen molar-refractivity contribution in [2.75, 3.05) is 32.7 Å². The molecule has 1 aliphatic rings. The third-order valence-corrected chi connectivity index (χ3v) is 6.16. The number of piperidine rings is 1. The summed E-state index contributed by atoms with van der Waals surface area (Å²) >= 11 is 1.77. The van der Waals surface area contributed by atoms with E-state index in [-0.39, 0.29) is 6.09 Å². The number of amides is 1. The average molecular weight is 438 g/mol. The van der Waals surface area contributed by atoms with Crippen LogP contribution in [0.3, 0.4) is 0 Å². The van der Waals surface area contributed by atoms with Crippen molar-refractivity contribution in [2.45, 2.75) is 72.8 Å². The molecule has 1 fully saturated rings. The molecular formula is C22H39N5O2S. The molecule has 1 saturated heterocycles. The number of thiazole rings is 1. The van der Waals surface area contributed by atoms with Gasteiger partial charge < -0.3 is 20.3 Å². The molecule has 170 valence electrons. The minimum absolute atomic E-state index is 0.196. The Bertz CT molecular complexity index is 691. The normalized spacial score (nSPS) is 17.7. The molecule has 1 aromatic heterocycles. The highest BCUT2D eigenvalue weighted by atomic mass is 32.1. The van der Waals surface area contributed by atoms with Gasteiger partial charge in [0.15, 0.2) is 5.96 Å². The standard InChI is InChI=1S/C22H39N5O2S/c1-7-23-20(25-13-11-19-26-16(2)17(3)30-19)24-12-10-18-9-8-14-27(15-18)21(28)29-22(4,5)6/h18H,7-15H2,1-6H3,(H2,23,24,25). The molecule has 0 radical (unpaired) electrons. The quantitative estimate of drug-likeness (QED) is 0.500. The minimum Gasteiger partial charge on any atom is -0.444 e. The molecule has 30 heavy (non-hydrogen) atoms. The maximum Gasteiger partial charge on any atom is 0.410 e. The van der Waals surface area contributed by atoms with Gasteiger partial charge in [0, 0.05) is 44.0 Å². The van der Waals surface area contributed by atoms with Gasteiger partial charge in [0.05, 0.1) is 10.7 Å². The SMILES string of the molecule is CCNC(=NCCC1CCCN(C(=O)OC(C)(C)C)C1)NCCc1nc(C)c(C)s1. The van der Waals surface area contributed by atoms with Gasteiger partial charge in [-0.15, -0.1) is 11.3 Å². The van der Waals surface area contributed by atoms with Gasteiger partial charge in [-0.05, 0) is 66.7 Å². The molecule has 0 spiro atoms. The molecule has 0 aliphatic carbocycles. The zero-order valence-corrected chi connectivity index (χ0v) is 20.3. The number of hydrogen-bond acceptors (Lipinski definition) is 5. The molecule has 1 unspecified atom stereocenters. The van der Waals surface area contributed by atoms with Crippen LogP contribution in [0.2, 0.25) is 0 Å². The van der Waals surface area contributed by atoms with E-state index in [2.05, 4.69) is 36.4 Å². The Hall–Kier alpha value is -1.83. The molecule has 0 aromatic carbocycles. The molecule has 1 amide bonds. The van der Waals surface area contributed by atoms with E-state index in [9.17, 15) is 4.79 Å². The Balaban J connectivity index is 1.77. The van der Waals surface area contributed by atoms with Crippen molar-refractivity contribution in [3.05, 3.63) is 15.6 Å². The Morgan fingerprint density at radius 1 is 1.33 bits per heavy atom. The molecule has 0 saturated carbocycles. The fourth-order valence-electron chi connectivity index (χ4n) is 3.43. The first-order valence-electron chi connectivity index (χ1n) is 11.1. The average Bonchev–Trinajstić information content (AvgIpc) is 2.98. The van der Waals surface area contributed by atoms with E-state index in [1.165, 1.54) is 4.88 Å². The molecule has 2 heterocycles. The lowest BCUT2D eigenvalue weighted by Gasteiger charge is -2.34. The van der Waals surface area contributed by atoms with Crippen LogP contribution in [0.1, 0.15) is 62.5 Å². The Morgan fingerprint density at radius 2 is 2.10 bits per heavy atom. The van der Waals surface area contributed by atoms with Gasteiger partial charge in [0.25, 0.3) is 0 Å². The second-order valence-electron chi connectivity index (χ2n) is 8.91. The Kier molecular flexibility index (Phi) is 9.39. The summed E-state index contributed by atoms with van der Waals surface area (Å²) in [6.07, 6.45) is 3.84. The largest absolute Gasteiger partial charge is 0.444 e. The van der Waals surface area contributed by atoms with Crippen molar-refractivity contribution in [2.24, 2.45) is 10.9 Å². The van der Waals surface area contributed by atoms with E-state index in [1.807, 2.05) is 25.7 Å². The van der Waals surface area contributed by atoms with Crippen LogP contribution in [0.15, 0.2) is 4.99 Å². The first-order valence-corrected chi connectivity index (χ1v) is 11.9. The van der Waals surface area contributed by atoms with Crippen molar-refractivity contribution in [1.82, 2.24) is 20.5 Å². The van der Waals surface area contributed by atoms with Gasteiger partial charge in [-0.1, -0.05) is 0 Å². The van der Waals surface area contributed by atoms with Crippen molar-refractivity contribution in [3.63, 3.8) is 0 Å². The number of carbonyl (C=O) groups excluding carboxylic acids is 1. The van der Waals surface area contributed by atoms with Crippen molar-refractivity contribution in [1.29, 1.82) is 0 Å². The lowest BCUT2D eigenvalue weighted by molar-refractivity contribution is 0.0163.